The summed E-state index contributed by atoms with van der Waals surface area (Å²) in [5.74, 6) is 1.88. The molecule has 27 heavy (non-hydrogen) atoms. The quantitative estimate of drug-likeness (QED) is 0.705. The molecule has 148 valence electrons. The summed E-state index contributed by atoms with van der Waals surface area (Å²) in [6.45, 7) is 5.96. The Morgan fingerprint density at radius 3 is 2.22 bits per heavy atom. The predicted molar refractivity (Wildman–Crippen MR) is 105 cm³/mol. The van der Waals surface area contributed by atoms with Crippen molar-refractivity contribution in [1.82, 2.24) is 4.72 Å². The molecular weight excluding hydrogens is 366 g/mol. The van der Waals surface area contributed by atoms with Gasteiger partial charge in [-0.15, -0.1) is 0 Å². The summed E-state index contributed by atoms with van der Waals surface area (Å²) >= 11 is 0. The monoisotopic (exact) mass is 393 g/mol. The van der Waals surface area contributed by atoms with Crippen LogP contribution in [0.2, 0.25) is 0 Å². The third kappa shape index (κ3) is 5.37. The number of methoxy groups -OCH3 is 2. The SMILES string of the molecule is CCc1cc(S(=O)(=O)NCc2ccc(OC(C)C)c(OC)c2)ccc1OC. The predicted octanol–water partition coefficient (Wildman–Crippen LogP) is 3.53. The molecule has 0 aliphatic carbocycles. The second-order valence-electron chi connectivity index (χ2n) is 6.30. The molecule has 0 atom stereocenters. The van der Waals surface area contributed by atoms with Gasteiger partial charge >= 0.3 is 0 Å². The normalized spacial score (nSPS) is 11.5. The maximum atomic E-state index is 12.6. The van der Waals surface area contributed by atoms with Crippen molar-refractivity contribution in [3.63, 3.8) is 0 Å². The average molecular weight is 394 g/mol. The summed E-state index contributed by atoms with van der Waals surface area (Å²) in [4.78, 5) is 0.215. The second kappa shape index (κ2) is 9.10. The van der Waals surface area contributed by atoms with Crippen LogP contribution in [0.15, 0.2) is 41.3 Å². The topological polar surface area (TPSA) is 73.9 Å². The van der Waals surface area contributed by atoms with Gasteiger partial charge in [0.15, 0.2) is 11.5 Å². The molecule has 0 amide bonds. The van der Waals surface area contributed by atoms with Crippen molar-refractivity contribution in [2.45, 2.75) is 44.7 Å². The molecule has 0 saturated heterocycles. The Balaban J connectivity index is 2.17. The Morgan fingerprint density at radius 1 is 0.963 bits per heavy atom. The van der Waals surface area contributed by atoms with E-state index in [0.717, 1.165) is 11.1 Å². The molecule has 2 aromatic rings. The summed E-state index contributed by atoms with van der Waals surface area (Å²) in [6, 6.07) is 10.2. The van der Waals surface area contributed by atoms with E-state index in [1.165, 1.54) is 0 Å². The molecule has 0 radical (unpaired) electrons. The number of rotatable bonds is 9. The van der Waals surface area contributed by atoms with Gasteiger partial charge in [0.1, 0.15) is 5.75 Å². The van der Waals surface area contributed by atoms with E-state index >= 15 is 0 Å². The lowest BCUT2D eigenvalue weighted by Gasteiger charge is -2.15. The number of ether oxygens (including phenoxy) is 3. The van der Waals surface area contributed by atoms with Crippen molar-refractivity contribution in [2.24, 2.45) is 0 Å². The van der Waals surface area contributed by atoms with Crippen molar-refractivity contribution < 1.29 is 22.6 Å². The molecular formula is C20H27NO5S. The van der Waals surface area contributed by atoms with E-state index < -0.39 is 10.0 Å². The van der Waals surface area contributed by atoms with Gasteiger partial charge in [0.05, 0.1) is 25.2 Å². The standard InChI is InChI=1S/C20H27NO5S/c1-6-16-12-17(8-10-18(16)24-4)27(22,23)21-13-15-7-9-19(26-14(2)3)20(11-15)25-5/h7-12,14,21H,6,13H2,1-5H3. The maximum Gasteiger partial charge on any atom is 0.240 e. The summed E-state index contributed by atoms with van der Waals surface area (Å²) < 4.78 is 44.2. The Bertz CT molecular complexity index is 878. The molecule has 2 rings (SSSR count). The van der Waals surface area contributed by atoms with Crippen LogP contribution in [-0.2, 0) is 23.0 Å². The molecule has 0 unspecified atom stereocenters. The Kier molecular flexibility index (Phi) is 7.10. The zero-order valence-corrected chi connectivity index (χ0v) is 17.2. The lowest BCUT2D eigenvalue weighted by Crippen LogP contribution is -2.23. The van der Waals surface area contributed by atoms with Crippen molar-refractivity contribution in [2.75, 3.05) is 14.2 Å². The molecule has 0 aliphatic heterocycles. The van der Waals surface area contributed by atoms with Crippen LogP contribution in [0.25, 0.3) is 0 Å². The third-order valence-electron chi connectivity index (χ3n) is 4.00. The van der Waals surface area contributed by atoms with Crippen molar-refractivity contribution in [3.8, 4) is 17.2 Å². The van der Waals surface area contributed by atoms with E-state index in [9.17, 15) is 8.42 Å². The fourth-order valence-electron chi connectivity index (χ4n) is 2.63. The summed E-state index contributed by atoms with van der Waals surface area (Å²) in [7, 11) is -0.516. The number of sulfonamides is 1. The molecule has 0 bridgehead atoms. The maximum absolute atomic E-state index is 12.6. The van der Waals surface area contributed by atoms with Crippen LogP contribution in [0.5, 0.6) is 17.2 Å². The third-order valence-corrected chi connectivity index (χ3v) is 5.40. The first kappa shape index (κ1) is 21.1. The van der Waals surface area contributed by atoms with E-state index in [2.05, 4.69) is 4.72 Å². The molecule has 0 spiro atoms. The minimum Gasteiger partial charge on any atom is -0.496 e. The van der Waals surface area contributed by atoms with Crippen LogP contribution < -0.4 is 18.9 Å². The highest BCUT2D eigenvalue weighted by atomic mass is 32.2. The fourth-order valence-corrected chi connectivity index (χ4v) is 3.70. The minimum atomic E-state index is -3.64. The van der Waals surface area contributed by atoms with Gasteiger partial charge in [-0.2, -0.15) is 0 Å². The summed E-state index contributed by atoms with van der Waals surface area (Å²) in [5, 5.41) is 0. The van der Waals surface area contributed by atoms with E-state index in [4.69, 9.17) is 14.2 Å². The van der Waals surface area contributed by atoms with Crippen LogP contribution in [-0.4, -0.2) is 28.7 Å². The molecule has 0 heterocycles. The van der Waals surface area contributed by atoms with Crippen molar-refractivity contribution >= 4 is 10.0 Å². The van der Waals surface area contributed by atoms with Gasteiger partial charge in [0.2, 0.25) is 10.0 Å². The first-order chi connectivity index (χ1) is 12.8. The van der Waals surface area contributed by atoms with Gasteiger partial charge in [0.25, 0.3) is 0 Å². The Morgan fingerprint density at radius 2 is 1.63 bits per heavy atom. The lowest BCUT2D eigenvalue weighted by atomic mass is 10.1. The van der Waals surface area contributed by atoms with Gasteiger partial charge < -0.3 is 14.2 Å². The second-order valence-corrected chi connectivity index (χ2v) is 8.07. The van der Waals surface area contributed by atoms with Crippen LogP contribution in [0.4, 0.5) is 0 Å². The zero-order chi connectivity index (χ0) is 20.0. The summed E-state index contributed by atoms with van der Waals surface area (Å²) in [6.07, 6.45) is 0.701. The van der Waals surface area contributed by atoms with E-state index in [-0.39, 0.29) is 17.5 Å². The molecule has 1 N–H and O–H groups in total. The molecule has 0 saturated carbocycles. The van der Waals surface area contributed by atoms with Crippen molar-refractivity contribution in [1.29, 1.82) is 0 Å². The van der Waals surface area contributed by atoms with Gasteiger partial charge in [-0.05, 0) is 61.7 Å². The molecule has 0 aromatic heterocycles. The van der Waals surface area contributed by atoms with E-state index in [1.807, 2.05) is 26.8 Å². The average Bonchev–Trinajstić information content (AvgIpc) is 2.66. The van der Waals surface area contributed by atoms with Crippen LogP contribution >= 0.6 is 0 Å². The van der Waals surface area contributed by atoms with Gasteiger partial charge in [-0.1, -0.05) is 13.0 Å². The highest BCUT2D eigenvalue weighted by molar-refractivity contribution is 7.89. The largest absolute Gasteiger partial charge is 0.496 e. The smallest absolute Gasteiger partial charge is 0.240 e. The van der Waals surface area contributed by atoms with Gasteiger partial charge in [-0.3, -0.25) is 0 Å². The number of hydrogen-bond acceptors (Lipinski definition) is 5. The number of nitrogens with one attached hydrogen (secondary N) is 1. The molecule has 7 heteroatoms. The number of benzene rings is 2. The molecule has 2 aromatic carbocycles. The molecule has 6 nitrogen and oxygen atoms in total. The molecule has 0 aliphatic rings. The van der Waals surface area contributed by atoms with Gasteiger partial charge in [-0.25, -0.2) is 13.1 Å². The number of aryl methyl sites for hydroxylation is 1. The zero-order valence-electron chi connectivity index (χ0n) is 16.4. The fraction of sp³-hybridized carbons (Fsp3) is 0.400. The lowest BCUT2D eigenvalue weighted by molar-refractivity contribution is 0.230. The van der Waals surface area contributed by atoms with Gasteiger partial charge in [0, 0.05) is 6.54 Å². The number of hydrogen-bond donors (Lipinski definition) is 1. The van der Waals surface area contributed by atoms with E-state index in [1.54, 1.807) is 44.6 Å². The first-order valence-corrected chi connectivity index (χ1v) is 10.3. The minimum absolute atomic E-state index is 0.0195. The van der Waals surface area contributed by atoms with Crippen LogP contribution in [0.1, 0.15) is 31.9 Å². The highest BCUT2D eigenvalue weighted by Crippen LogP contribution is 2.29. The summed E-state index contributed by atoms with van der Waals surface area (Å²) in [5.41, 5.74) is 1.62. The molecule has 0 fully saturated rings. The van der Waals surface area contributed by atoms with E-state index in [0.29, 0.717) is 23.7 Å². The highest BCUT2D eigenvalue weighted by Gasteiger charge is 2.16. The van der Waals surface area contributed by atoms with Crippen LogP contribution in [0.3, 0.4) is 0 Å². The van der Waals surface area contributed by atoms with Crippen molar-refractivity contribution in [3.05, 3.63) is 47.5 Å². The Hall–Kier alpha value is -2.25. The Labute approximate surface area is 161 Å². The van der Waals surface area contributed by atoms with Crippen LogP contribution in [0, 0.1) is 0 Å². The first-order valence-electron chi connectivity index (χ1n) is 8.80.